The van der Waals surface area contributed by atoms with Crippen LogP contribution < -0.4 is 0 Å². The van der Waals surface area contributed by atoms with Gasteiger partial charge in [-0.15, -0.1) is 0 Å². The average molecular weight is 360 g/mol. The maximum atomic E-state index is 12.9. The van der Waals surface area contributed by atoms with E-state index in [4.69, 9.17) is 0 Å². The molecule has 3 aromatic carbocycles. The van der Waals surface area contributed by atoms with E-state index in [1.807, 2.05) is 6.07 Å². The lowest BCUT2D eigenvalue weighted by atomic mass is 9.96. The number of Topliss-reactive ketones (excluding diaryl/α,β-unsaturated/α-hetero) is 2. The van der Waals surface area contributed by atoms with Gasteiger partial charge in [0.2, 0.25) is 5.78 Å². The molecule has 0 heterocycles. The summed E-state index contributed by atoms with van der Waals surface area (Å²) in [6.45, 7) is 0. The van der Waals surface area contributed by atoms with Crippen LogP contribution in [0.4, 0.5) is 5.69 Å². The number of azo groups is 1. The van der Waals surface area contributed by atoms with Gasteiger partial charge in [-0.1, -0.05) is 48.5 Å². The molecule has 0 saturated carbocycles. The van der Waals surface area contributed by atoms with Crippen molar-refractivity contribution in [1.29, 1.82) is 0 Å². The maximum absolute atomic E-state index is 12.9. The summed E-state index contributed by atoms with van der Waals surface area (Å²) in [5.74, 6) is -1.87. The lowest BCUT2D eigenvalue weighted by Gasteiger charge is -2.11. The normalized spacial score (nSPS) is 12.0. The first kappa shape index (κ1) is 18.0. The molecule has 134 valence electrons. The number of rotatable bonds is 6. The lowest BCUT2D eigenvalue weighted by Crippen LogP contribution is -2.28. The monoisotopic (exact) mass is 360 g/mol. The summed E-state index contributed by atoms with van der Waals surface area (Å²) in [4.78, 5) is 25.8. The molecule has 27 heavy (non-hydrogen) atoms. The van der Waals surface area contributed by atoms with Crippen molar-refractivity contribution in [3.63, 3.8) is 0 Å². The van der Waals surface area contributed by atoms with E-state index in [0.717, 1.165) is 6.07 Å². The second kappa shape index (κ2) is 8.05. The van der Waals surface area contributed by atoms with E-state index in [1.165, 1.54) is 12.1 Å². The molecular formula is C21H16N2O4. The van der Waals surface area contributed by atoms with Crippen LogP contribution in [0.5, 0.6) is 11.5 Å². The second-order valence-corrected chi connectivity index (χ2v) is 5.75. The van der Waals surface area contributed by atoms with E-state index in [-0.39, 0.29) is 11.3 Å². The molecule has 0 aliphatic rings. The minimum atomic E-state index is -1.46. The van der Waals surface area contributed by atoms with Crippen molar-refractivity contribution in [2.45, 2.75) is 6.04 Å². The van der Waals surface area contributed by atoms with Crippen molar-refractivity contribution < 1.29 is 19.8 Å². The van der Waals surface area contributed by atoms with Gasteiger partial charge in [-0.25, -0.2) is 0 Å². The van der Waals surface area contributed by atoms with Crippen LogP contribution in [0.1, 0.15) is 20.7 Å². The molecule has 2 N–H and O–H groups in total. The highest BCUT2D eigenvalue weighted by Crippen LogP contribution is 2.26. The third kappa shape index (κ3) is 4.24. The Hall–Kier alpha value is -3.80. The Morgan fingerprint density at radius 3 is 2.04 bits per heavy atom. The third-order valence-corrected chi connectivity index (χ3v) is 3.85. The second-order valence-electron chi connectivity index (χ2n) is 5.75. The molecule has 0 aromatic heterocycles. The van der Waals surface area contributed by atoms with Crippen LogP contribution in [0.2, 0.25) is 0 Å². The number of ketones is 2. The summed E-state index contributed by atoms with van der Waals surface area (Å²) in [6, 6.07) is 19.1. The zero-order valence-corrected chi connectivity index (χ0v) is 14.2. The molecule has 0 bridgehead atoms. The molecule has 0 spiro atoms. The van der Waals surface area contributed by atoms with E-state index < -0.39 is 23.4 Å². The first-order valence-electron chi connectivity index (χ1n) is 8.17. The molecule has 0 aliphatic heterocycles. The molecule has 6 heteroatoms. The number of aromatic hydroxyl groups is 2. The maximum Gasteiger partial charge on any atom is 0.200 e. The molecule has 6 nitrogen and oxygen atoms in total. The predicted octanol–water partition coefficient (Wildman–Crippen LogP) is 4.32. The SMILES string of the molecule is O=C(c1ccccc1)C(N=Nc1ccccc1)C(=O)c1ccc(O)cc1O. The third-order valence-electron chi connectivity index (χ3n) is 3.85. The van der Waals surface area contributed by atoms with Gasteiger partial charge in [-0.2, -0.15) is 10.2 Å². The molecular weight excluding hydrogens is 344 g/mol. The largest absolute Gasteiger partial charge is 0.508 e. The van der Waals surface area contributed by atoms with E-state index in [9.17, 15) is 19.8 Å². The predicted molar refractivity (Wildman–Crippen MR) is 99.6 cm³/mol. The van der Waals surface area contributed by atoms with E-state index in [1.54, 1.807) is 54.6 Å². The van der Waals surface area contributed by atoms with Gasteiger partial charge in [-0.3, -0.25) is 9.59 Å². The molecule has 0 radical (unpaired) electrons. The van der Waals surface area contributed by atoms with Crippen LogP contribution in [-0.2, 0) is 0 Å². The topological polar surface area (TPSA) is 99.3 Å². The Bertz CT molecular complexity index is 986. The van der Waals surface area contributed by atoms with Gasteiger partial charge in [0.05, 0.1) is 11.3 Å². The Morgan fingerprint density at radius 1 is 0.778 bits per heavy atom. The Balaban J connectivity index is 1.99. The van der Waals surface area contributed by atoms with Crippen LogP contribution in [-0.4, -0.2) is 27.8 Å². The van der Waals surface area contributed by atoms with Gasteiger partial charge in [0, 0.05) is 11.6 Å². The number of hydrogen-bond donors (Lipinski definition) is 2. The van der Waals surface area contributed by atoms with Crippen molar-refractivity contribution >= 4 is 17.3 Å². The highest BCUT2D eigenvalue weighted by atomic mass is 16.3. The molecule has 0 saturated heterocycles. The summed E-state index contributed by atoms with van der Waals surface area (Å²) in [7, 11) is 0. The zero-order chi connectivity index (χ0) is 19.2. The van der Waals surface area contributed by atoms with Crippen molar-refractivity contribution in [3.8, 4) is 11.5 Å². The molecule has 1 unspecified atom stereocenters. The van der Waals surface area contributed by atoms with Crippen molar-refractivity contribution in [3.05, 3.63) is 90.0 Å². The van der Waals surface area contributed by atoms with Gasteiger partial charge < -0.3 is 10.2 Å². The summed E-state index contributed by atoms with van der Waals surface area (Å²) in [5.41, 5.74) is 0.682. The van der Waals surface area contributed by atoms with Gasteiger partial charge in [0.15, 0.2) is 11.8 Å². The van der Waals surface area contributed by atoms with Crippen molar-refractivity contribution in [2.24, 2.45) is 10.2 Å². The number of hydrogen-bond acceptors (Lipinski definition) is 6. The summed E-state index contributed by atoms with van der Waals surface area (Å²) in [5, 5.41) is 27.4. The highest BCUT2D eigenvalue weighted by molar-refractivity contribution is 6.20. The van der Waals surface area contributed by atoms with Gasteiger partial charge >= 0.3 is 0 Å². The van der Waals surface area contributed by atoms with Crippen LogP contribution >= 0.6 is 0 Å². The molecule has 0 amide bonds. The minimum Gasteiger partial charge on any atom is -0.508 e. The number of nitrogens with zero attached hydrogens (tertiary/aromatic N) is 2. The Kier molecular flexibility index (Phi) is 5.37. The highest BCUT2D eigenvalue weighted by Gasteiger charge is 2.30. The summed E-state index contributed by atoms with van der Waals surface area (Å²) >= 11 is 0. The smallest absolute Gasteiger partial charge is 0.200 e. The molecule has 0 aliphatic carbocycles. The van der Waals surface area contributed by atoms with E-state index in [0.29, 0.717) is 11.3 Å². The van der Waals surface area contributed by atoms with Crippen LogP contribution in [0, 0.1) is 0 Å². The zero-order valence-electron chi connectivity index (χ0n) is 14.2. The van der Waals surface area contributed by atoms with Gasteiger partial charge in [0.1, 0.15) is 11.5 Å². The first-order valence-corrected chi connectivity index (χ1v) is 8.17. The van der Waals surface area contributed by atoms with Gasteiger partial charge in [-0.05, 0) is 24.3 Å². The molecule has 3 aromatic rings. The Morgan fingerprint density at radius 2 is 1.41 bits per heavy atom. The van der Waals surface area contributed by atoms with Crippen LogP contribution in [0.25, 0.3) is 0 Å². The fraction of sp³-hybridized carbons (Fsp3) is 0.0476. The number of carbonyl (C=O) groups excluding carboxylic acids is 2. The van der Waals surface area contributed by atoms with Gasteiger partial charge in [0.25, 0.3) is 0 Å². The van der Waals surface area contributed by atoms with Crippen molar-refractivity contribution in [2.75, 3.05) is 0 Å². The fourth-order valence-corrected chi connectivity index (χ4v) is 2.48. The molecule has 0 fully saturated rings. The standard InChI is InChI=1S/C21H16N2O4/c24-16-11-12-17(18(25)13-16)21(27)19(20(26)14-7-3-1-4-8-14)23-22-15-9-5-2-6-10-15/h1-13,19,24-25H. The Labute approximate surface area is 155 Å². The molecule has 1 atom stereocenters. The number of carbonyl (C=O) groups is 2. The fourth-order valence-electron chi connectivity index (χ4n) is 2.48. The first-order chi connectivity index (χ1) is 13.1. The van der Waals surface area contributed by atoms with E-state index in [2.05, 4.69) is 10.2 Å². The van der Waals surface area contributed by atoms with Crippen molar-refractivity contribution in [1.82, 2.24) is 0 Å². The average Bonchev–Trinajstić information content (AvgIpc) is 2.69. The number of benzene rings is 3. The minimum absolute atomic E-state index is 0.117. The van der Waals surface area contributed by atoms with Crippen LogP contribution in [0.15, 0.2) is 89.1 Å². The summed E-state index contributed by atoms with van der Waals surface area (Å²) < 4.78 is 0. The van der Waals surface area contributed by atoms with Crippen LogP contribution in [0.3, 0.4) is 0 Å². The molecule has 3 rings (SSSR count). The number of phenols is 2. The number of phenolic OH excluding ortho intramolecular Hbond substituents is 2. The lowest BCUT2D eigenvalue weighted by molar-refractivity contribution is 0.0860. The summed E-state index contributed by atoms with van der Waals surface area (Å²) in [6.07, 6.45) is 0. The quantitative estimate of drug-likeness (QED) is 0.388. The van der Waals surface area contributed by atoms with E-state index >= 15 is 0 Å².